The van der Waals surface area contributed by atoms with Crippen LogP contribution in [-0.2, 0) is 12.8 Å². The van der Waals surface area contributed by atoms with Gasteiger partial charge in [0.2, 0.25) is 0 Å². The van der Waals surface area contributed by atoms with Crippen LogP contribution in [0.5, 0.6) is 0 Å². The Hall–Kier alpha value is -2.00. The number of aromatic nitrogens is 2. The van der Waals surface area contributed by atoms with E-state index < -0.39 is 0 Å². The SMILES string of the molecule is Cc1ccc(CCc2nc3c(N)cc(Cl)cc3[nH]2)cc1. The predicted molar refractivity (Wildman–Crippen MR) is 84.1 cm³/mol. The lowest BCUT2D eigenvalue weighted by Crippen LogP contribution is -1.93. The number of nitrogens with one attached hydrogen (secondary N) is 1. The molecule has 1 aromatic heterocycles. The number of aromatic amines is 1. The molecule has 20 heavy (non-hydrogen) atoms. The molecule has 4 heteroatoms. The molecule has 0 aliphatic rings. The number of anilines is 1. The summed E-state index contributed by atoms with van der Waals surface area (Å²) in [4.78, 5) is 7.83. The van der Waals surface area contributed by atoms with Gasteiger partial charge in [-0.3, -0.25) is 0 Å². The molecule has 0 aliphatic heterocycles. The van der Waals surface area contributed by atoms with E-state index in [9.17, 15) is 0 Å². The van der Waals surface area contributed by atoms with Crippen LogP contribution >= 0.6 is 11.6 Å². The van der Waals surface area contributed by atoms with Gasteiger partial charge < -0.3 is 10.7 Å². The van der Waals surface area contributed by atoms with Crippen molar-refractivity contribution in [1.29, 1.82) is 0 Å². The molecule has 3 rings (SSSR count). The first kappa shape index (κ1) is 13.0. The lowest BCUT2D eigenvalue weighted by atomic mass is 10.1. The van der Waals surface area contributed by atoms with Crippen molar-refractivity contribution in [3.8, 4) is 0 Å². The molecule has 0 radical (unpaired) electrons. The second-order valence-electron chi connectivity index (χ2n) is 5.06. The van der Waals surface area contributed by atoms with Gasteiger partial charge >= 0.3 is 0 Å². The summed E-state index contributed by atoms with van der Waals surface area (Å²) in [6.45, 7) is 2.09. The molecule has 0 unspecified atom stereocenters. The Morgan fingerprint density at radius 1 is 1.15 bits per heavy atom. The zero-order valence-electron chi connectivity index (χ0n) is 11.3. The molecule has 0 spiro atoms. The summed E-state index contributed by atoms with van der Waals surface area (Å²) in [6, 6.07) is 12.2. The van der Waals surface area contributed by atoms with E-state index in [1.807, 2.05) is 6.07 Å². The van der Waals surface area contributed by atoms with Crippen molar-refractivity contribution in [2.24, 2.45) is 0 Å². The highest BCUT2D eigenvalue weighted by molar-refractivity contribution is 6.31. The summed E-state index contributed by atoms with van der Waals surface area (Å²) in [5.74, 6) is 0.939. The summed E-state index contributed by atoms with van der Waals surface area (Å²) in [5, 5.41) is 0.628. The average Bonchev–Trinajstić information content (AvgIpc) is 2.81. The minimum atomic E-state index is 0.616. The third-order valence-electron chi connectivity index (χ3n) is 3.40. The molecule has 0 aliphatic carbocycles. The van der Waals surface area contributed by atoms with Crippen LogP contribution in [0.15, 0.2) is 36.4 Å². The summed E-state index contributed by atoms with van der Waals surface area (Å²) in [7, 11) is 0. The lowest BCUT2D eigenvalue weighted by molar-refractivity contribution is 0.890. The maximum Gasteiger partial charge on any atom is 0.112 e. The van der Waals surface area contributed by atoms with Crippen molar-refractivity contribution in [2.75, 3.05) is 5.73 Å². The molecule has 0 saturated carbocycles. The standard InChI is InChI=1S/C16H16ClN3/c1-10-2-4-11(5-3-10)6-7-15-19-14-9-12(17)8-13(18)16(14)20-15/h2-5,8-9H,6-7,18H2,1H3,(H,19,20). The molecule has 0 amide bonds. The average molecular weight is 286 g/mol. The van der Waals surface area contributed by atoms with Crippen molar-refractivity contribution < 1.29 is 0 Å². The van der Waals surface area contributed by atoms with E-state index in [0.717, 1.165) is 29.7 Å². The number of nitrogen functional groups attached to an aromatic ring is 1. The molecule has 2 aromatic carbocycles. The van der Waals surface area contributed by atoms with Crippen LogP contribution in [0.25, 0.3) is 11.0 Å². The van der Waals surface area contributed by atoms with Crippen molar-refractivity contribution in [2.45, 2.75) is 19.8 Å². The highest BCUT2D eigenvalue weighted by atomic mass is 35.5. The number of hydrogen-bond acceptors (Lipinski definition) is 2. The van der Waals surface area contributed by atoms with Crippen LogP contribution in [0.1, 0.15) is 17.0 Å². The quantitative estimate of drug-likeness (QED) is 0.717. The molecule has 0 bridgehead atoms. The van der Waals surface area contributed by atoms with Gasteiger partial charge in [0.05, 0.1) is 11.2 Å². The van der Waals surface area contributed by atoms with E-state index in [1.165, 1.54) is 11.1 Å². The smallest absolute Gasteiger partial charge is 0.112 e. The van der Waals surface area contributed by atoms with E-state index in [1.54, 1.807) is 6.07 Å². The van der Waals surface area contributed by atoms with E-state index >= 15 is 0 Å². The molecule has 0 saturated heterocycles. The van der Waals surface area contributed by atoms with E-state index in [4.69, 9.17) is 17.3 Å². The molecule has 0 fully saturated rings. The van der Waals surface area contributed by atoms with Gasteiger partial charge in [0.1, 0.15) is 11.3 Å². The van der Waals surface area contributed by atoms with Gasteiger partial charge in [-0.2, -0.15) is 0 Å². The largest absolute Gasteiger partial charge is 0.397 e. The van der Waals surface area contributed by atoms with Gasteiger partial charge in [0.25, 0.3) is 0 Å². The van der Waals surface area contributed by atoms with Gasteiger partial charge in [-0.15, -0.1) is 0 Å². The maximum absolute atomic E-state index is 5.99. The predicted octanol–water partition coefficient (Wildman–Crippen LogP) is 3.89. The van der Waals surface area contributed by atoms with Gasteiger partial charge in [-0.1, -0.05) is 41.4 Å². The fourth-order valence-electron chi connectivity index (χ4n) is 2.29. The topological polar surface area (TPSA) is 54.7 Å². The number of hydrogen-bond donors (Lipinski definition) is 2. The zero-order chi connectivity index (χ0) is 14.1. The van der Waals surface area contributed by atoms with Gasteiger partial charge in [-0.25, -0.2) is 4.98 Å². The highest BCUT2D eigenvalue weighted by Gasteiger charge is 2.07. The zero-order valence-corrected chi connectivity index (χ0v) is 12.0. The molecule has 0 atom stereocenters. The number of halogens is 1. The third-order valence-corrected chi connectivity index (χ3v) is 3.62. The molecule has 102 valence electrons. The lowest BCUT2D eigenvalue weighted by Gasteiger charge is -1.99. The number of aryl methyl sites for hydroxylation is 3. The Labute approximate surface area is 122 Å². The maximum atomic E-state index is 5.99. The molecule has 3 N–H and O–H groups in total. The van der Waals surface area contributed by atoms with Gasteiger partial charge in [0.15, 0.2) is 0 Å². The summed E-state index contributed by atoms with van der Waals surface area (Å²) in [5.41, 5.74) is 10.8. The summed E-state index contributed by atoms with van der Waals surface area (Å²) in [6.07, 6.45) is 1.81. The van der Waals surface area contributed by atoms with Crippen LogP contribution in [-0.4, -0.2) is 9.97 Å². The number of rotatable bonds is 3. The summed E-state index contributed by atoms with van der Waals surface area (Å²) < 4.78 is 0. The third kappa shape index (κ3) is 2.63. The Morgan fingerprint density at radius 3 is 2.65 bits per heavy atom. The number of fused-ring (bicyclic) bond motifs is 1. The van der Waals surface area contributed by atoms with Gasteiger partial charge in [0, 0.05) is 11.4 Å². The van der Waals surface area contributed by atoms with Gasteiger partial charge in [-0.05, 0) is 31.0 Å². The minimum Gasteiger partial charge on any atom is -0.397 e. The van der Waals surface area contributed by atoms with Crippen LogP contribution < -0.4 is 5.73 Å². The number of H-pyrrole nitrogens is 1. The molecule has 3 nitrogen and oxygen atoms in total. The Bertz CT molecular complexity index is 744. The number of nitrogens with zero attached hydrogens (tertiary/aromatic N) is 1. The van der Waals surface area contributed by atoms with E-state index in [0.29, 0.717) is 10.7 Å². The van der Waals surface area contributed by atoms with Crippen molar-refractivity contribution >= 4 is 28.3 Å². The van der Waals surface area contributed by atoms with Crippen molar-refractivity contribution in [1.82, 2.24) is 9.97 Å². The molecule has 1 heterocycles. The molecular formula is C16H16ClN3. The first-order chi connectivity index (χ1) is 9.61. The highest BCUT2D eigenvalue weighted by Crippen LogP contribution is 2.24. The molecular weight excluding hydrogens is 270 g/mol. The first-order valence-electron chi connectivity index (χ1n) is 6.61. The number of benzene rings is 2. The minimum absolute atomic E-state index is 0.616. The molecule has 3 aromatic rings. The summed E-state index contributed by atoms with van der Waals surface area (Å²) >= 11 is 5.99. The van der Waals surface area contributed by atoms with Crippen LogP contribution in [0.4, 0.5) is 5.69 Å². The van der Waals surface area contributed by atoms with Crippen molar-refractivity contribution in [3.05, 3.63) is 58.4 Å². The van der Waals surface area contributed by atoms with Crippen LogP contribution in [0, 0.1) is 6.92 Å². The normalized spacial score (nSPS) is 11.1. The Morgan fingerprint density at radius 2 is 1.90 bits per heavy atom. The second-order valence-corrected chi connectivity index (χ2v) is 5.50. The van der Waals surface area contributed by atoms with Crippen molar-refractivity contribution in [3.63, 3.8) is 0 Å². The Kier molecular flexibility index (Phi) is 3.36. The Balaban J connectivity index is 1.81. The number of imidazole rings is 1. The fourth-order valence-corrected chi connectivity index (χ4v) is 2.52. The first-order valence-corrected chi connectivity index (χ1v) is 6.99. The van der Waals surface area contributed by atoms with E-state index in [-0.39, 0.29) is 0 Å². The monoisotopic (exact) mass is 285 g/mol. The second kappa shape index (κ2) is 5.17. The number of nitrogens with two attached hydrogens (primary N) is 1. The van der Waals surface area contributed by atoms with Crippen LogP contribution in [0.3, 0.4) is 0 Å². The van der Waals surface area contributed by atoms with Crippen LogP contribution in [0.2, 0.25) is 5.02 Å². The fraction of sp³-hybridized carbons (Fsp3) is 0.188. The van der Waals surface area contributed by atoms with E-state index in [2.05, 4.69) is 41.2 Å².